The number of rotatable bonds is 2. The van der Waals surface area contributed by atoms with Gasteiger partial charge in [-0.15, -0.1) is 0 Å². The minimum absolute atomic E-state index is 0.0395. The van der Waals surface area contributed by atoms with Crippen molar-refractivity contribution < 1.29 is 4.79 Å². The molecule has 2 N–H and O–H groups in total. The number of piperidine rings is 1. The van der Waals surface area contributed by atoms with Gasteiger partial charge < -0.3 is 15.2 Å². The highest BCUT2D eigenvalue weighted by molar-refractivity contribution is 5.98. The third-order valence-electron chi connectivity index (χ3n) is 3.87. The summed E-state index contributed by atoms with van der Waals surface area (Å²) in [6, 6.07) is 8.07. The van der Waals surface area contributed by atoms with E-state index in [9.17, 15) is 4.79 Å². The number of hydrogen-bond donors (Lipinski definition) is 2. The number of nitrogens with one attached hydrogen (secondary N) is 2. The molecule has 1 aliphatic heterocycles. The lowest BCUT2D eigenvalue weighted by atomic mass is 10.0. The van der Waals surface area contributed by atoms with Gasteiger partial charge in [-0.25, -0.2) is 0 Å². The molecule has 2 heterocycles. The van der Waals surface area contributed by atoms with Crippen LogP contribution in [0, 0.1) is 0 Å². The summed E-state index contributed by atoms with van der Waals surface area (Å²) in [5.41, 5.74) is 1.81. The van der Waals surface area contributed by atoms with Crippen molar-refractivity contribution in [1.29, 1.82) is 0 Å². The molecule has 100 valence electrons. The number of carbonyl (C=O) groups excluding carboxylic acids is 1. The first kappa shape index (κ1) is 12.2. The Kier molecular flexibility index (Phi) is 3.25. The molecule has 0 unspecified atom stereocenters. The first-order valence-corrected chi connectivity index (χ1v) is 6.79. The standard InChI is InChI=1S/C15H19N3O/c1-18-8-5-13(6-9-18)17-15(19)12-2-3-14-11(10-12)4-7-16-14/h2-4,7,10,13,16H,5-6,8-9H2,1H3,(H,17,19). The molecule has 4 heteroatoms. The summed E-state index contributed by atoms with van der Waals surface area (Å²) in [4.78, 5) is 17.7. The number of amides is 1. The molecule has 0 atom stereocenters. The van der Waals surface area contributed by atoms with Gasteiger partial charge in [0.1, 0.15) is 0 Å². The van der Waals surface area contributed by atoms with Crippen molar-refractivity contribution >= 4 is 16.8 Å². The molecule has 2 aromatic rings. The number of aromatic amines is 1. The van der Waals surface area contributed by atoms with E-state index < -0.39 is 0 Å². The van der Waals surface area contributed by atoms with Crippen molar-refractivity contribution in [2.75, 3.05) is 20.1 Å². The van der Waals surface area contributed by atoms with E-state index in [1.807, 2.05) is 30.5 Å². The maximum atomic E-state index is 12.2. The molecule has 0 saturated carbocycles. The number of hydrogen-bond acceptors (Lipinski definition) is 2. The number of likely N-dealkylation sites (tertiary alicyclic amines) is 1. The van der Waals surface area contributed by atoms with Crippen LogP contribution in [0.15, 0.2) is 30.5 Å². The van der Waals surface area contributed by atoms with Gasteiger partial charge >= 0.3 is 0 Å². The molecule has 3 rings (SSSR count). The Hall–Kier alpha value is -1.81. The van der Waals surface area contributed by atoms with E-state index in [2.05, 4.69) is 22.2 Å². The zero-order valence-electron chi connectivity index (χ0n) is 11.1. The van der Waals surface area contributed by atoms with Crippen LogP contribution in [0.3, 0.4) is 0 Å². The van der Waals surface area contributed by atoms with Crippen LogP contribution in [0.5, 0.6) is 0 Å². The highest BCUT2D eigenvalue weighted by atomic mass is 16.1. The maximum absolute atomic E-state index is 12.2. The van der Waals surface area contributed by atoms with Crippen molar-refractivity contribution in [1.82, 2.24) is 15.2 Å². The Morgan fingerprint density at radius 1 is 1.32 bits per heavy atom. The van der Waals surface area contributed by atoms with Crippen LogP contribution >= 0.6 is 0 Å². The second-order valence-electron chi connectivity index (χ2n) is 5.33. The Balaban J connectivity index is 1.69. The number of aromatic nitrogens is 1. The van der Waals surface area contributed by atoms with Crippen LogP contribution in [0.25, 0.3) is 10.9 Å². The quantitative estimate of drug-likeness (QED) is 0.864. The molecular weight excluding hydrogens is 238 g/mol. The Morgan fingerprint density at radius 2 is 2.11 bits per heavy atom. The van der Waals surface area contributed by atoms with Crippen LogP contribution in [0.2, 0.25) is 0 Å². The molecule has 19 heavy (non-hydrogen) atoms. The first-order chi connectivity index (χ1) is 9.22. The Bertz CT molecular complexity index is 582. The second kappa shape index (κ2) is 5.05. The molecule has 1 aliphatic rings. The fourth-order valence-corrected chi connectivity index (χ4v) is 2.62. The molecular formula is C15H19N3O. The van der Waals surface area contributed by atoms with E-state index in [0.29, 0.717) is 6.04 Å². The third kappa shape index (κ3) is 2.63. The lowest BCUT2D eigenvalue weighted by molar-refractivity contribution is 0.0917. The average Bonchev–Trinajstić information content (AvgIpc) is 2.88. The van der Waals surface area contributed by atoms with E-state index >= 15 is 0 Å². The maximum Gasteiger partial charge on any atom is 0.251 e. The molecule has 0 radical (unpaired) electrons. The van der Waals surface area contributed by atoms with Crippen LogP contribution in [-0.2, 0) is 0 Å². The monoisotopic (exact) mass is 257 g/mol. The normalized spacial score (nSPS) is 17.7. The third-order valence-corrected chi connectivity index (χ3v) is 3.87. The molecule has 0 spiro atoms. The van der Waals surface area contributed by atoms with Crippen LogP contribution in [0.4, 0.5) is 0 Å². The van der Waals surface area contributed by atoms with Gasteiger partial charge in [0.05, 0.1) is 0 Å². The van der Waals surface area contributed by atoms with Crippen molar-refractivity contribution in [2.24, 2.45) is 0 Å². The van der Waals surface area contributed by atoms with Gasteiger partial charge in [-0.1, -0.05) is 0 Å². The number of fused-ring (bicyclic) bond motifs is 1. The zero-order chi connectivity index (χ0) is 13.2. The van der Waals surface area contributed by atoms with Gasteiger partial charge in [0, 0.05) is 28.7 Å². The average molecular weight is 257 g/mol. The van der Waals surface area contributed by atoms with E-state index in [1.165, 1.54) is 0 Å². The van der Waals surface area contributed by atoms with Crippen molar-refractivity contribution in [3.63, 3.8) is 0 Å². The van der Waals surface area contributed by atoms with Gasteiger partial charge in [0.25, 0.3) is 5.91 Å². The highest BCUT2D eigenvalue weighted by Crippen LogP contribution is 2.15. The molecule has 1 saturated heterocycles. The largest absolute Gasteiger partial charge is 0.361 e. The number of nitrogens with zero attached hydrogens (tertiary/aromatic N) is 1. The van der Waals surface area contributed by atoms with Crippen LogP contribution < -0.4 is 5.32 Å². The molecule has 1 fully saturated rings. The van der Waals surface area contributed by atoms with Crippen molar-refractivity contribution in [2.45, 2.75) is 18.9 Å². The summed E-state index contributed by atoms with van der Waals surface area (Å²) in [5, 5.41) is 4.22. The first-order valence-electron chi connectivity index (χ1n) is 6.79. The fourth-order valence-electron chi connectivity index (χ4n) is 2.62. The van der Waals surface area contributed by atoms with Gasteiger partial charge in [-0.2, -0.15) is 0 Å². The zero-order valence-corrected chi connectivity index (χ0v) is 11.1. The molecule has 0 bridgehead atoms. The minimum Gasteiger partial charge on any atom is -0.361 e. The SMILES string of the molecule is CN1CCC(NC(=O)c2ccc3[nH]ccc3c2)CC1. The van der Waals surface area contributed by atoms with Crippen molar-refractivity contribution in [3.8, 4) is 0 Å². The summed E-state index contributed by atoms with van der Waals surface area (Å²) in [5.74, 6) is 0.0395. The number of benzene rings is 1. The van der Waals surface area contributed by atoms with E-state index in [1.54, 1.807) is 0 Å². The minimum atomic E-state index is 0.0395. The van der Waals surface area contributed by atoms with Crippen LogP contribution in [-0.4, -0.2) is 42.0 Å². The molecule has 1 amide bonds. The predicted molar refractivity (Wildman–Crippen MR) is 76.3 cm³/mol. The van der Waals surface area contributed by atoms with Gasteiger partial charge in [0.2, 0.25) is 0 Å². The number of carbonyl (C=O) groups is 1. The fraction of sp³-hybridized carbons (Fsp3) is 0.400. The summed E-state index contributed by atoms with van der Waals surface area (Å²) in [7, 11) is 2.12. The van der Waals surface area contributed by atoms with E-state index in [-0.39, 0.29) is 5.91 Å². The summed E-state index contributed by atoms with van der Waals surface area (Å²) < 4.78 is 0. The second-order valence-corrected chi connectivity index (χ2v) is 5.33. The summed E-state index contributed by atoms with van der Waals surface area (Å²) in [6.45, 7) is 2.11. The topological polar surface area (TPSA) is 48.1 Å². The summed E-state index contributed by atoms with van der Waals surface area (Å²) >= 11 is 0. The highest BCUT2D eigenvalue weighted by Gasteiger charge is 2.19. The molecule has 0 aliphatic carbocycles. The molecule has 1 aromatic heterocycles. The smallest absolute Gasteiger partial charge is 0.251 e. The van der Waals surface area contributed by atoms with E-state index in [4.69, 9.17) is 0 Å². The molecule has 4 nitrogen and oxygen atoms in total. The van der Waals surface area contributed by atoms with E-state index in [0.717, 1.165) is 42.4 Å². The van der Waals surface area contributed by atoms with Crippen molar-refractivity contribution in [3.05, 3.63) is 36.0 Å². The molecule has 1 aromatic carbocycles. The van der Waals surface area contributed by atoms with Gasteiger partial charge in [-0.05, 0) is 57.2 Å². The van der Waals surface area contributed by atoms with Crippen LogP contribution in [0.1, 0.15) is 23.2 Å². The Labute approximate surface area is 112 Å². The lowest BCUT2D eigenvalue weighted by Gasteiger charge is -2.29. The van der Waals surface area contributed by atoms with Gasteiger partial charge in [-0.3, -0.25) is 4.79 Å². The Morgan fingerprint density at radius 3 is 2.89 bits per heavy atom. The predicted octanol–water partition coefficient (Wildman–Crippen LogP) is 1.99. The number of H-pyrrole nitrogens is 1. The van der Waals surface area contributed by atoms with Gasteiger partial charge in [0.15, 0.2) is 0 Å². The summed E-state index contributed by atoms with van der Waals surface area (Å²) in [6.07, 6.45) is 3.96. The lowest BCUT2D eigenvalue weighted by Crippen LogP contribution is -2.43.